The number of hydrogen-bond acceptors (Lipinski definition) is 3. The van der Waals surface area contributed by atoms with E-state index in [0.29, 0.717) is 24.3 Å². The van der Waals surface area contributed by atoms with Crippen molar-refractivity contribution < 1.29 is 12.8 Å². The molecule has 0 saturated carbocycles. The zero-order chi connectivity index (χ0) is 14.3. The van der Waals surface area contributed by atoms with E-state index < -0.39 is 15.8 Å². The smallest absolute Gasteiger partial charge is 0.264 e. The first kappa shape index (κ1) is 12.9. The molecule has 2 aromatic carbocycles. The summed E-state index contributed by atoms with van der Waals surface area (Å²) in [4.78, 5) is 0.0779. The summed E-state index contributed by atoms with van der Waals surface area (Å²) in [5.41, 5.74) is 7.80. The first-order valence-corrected chi connectivity index (χ1v) is 7.59. The number of nitrogens with zero attached hydrogens (tertiary/aromatic N) is 1. The number of halogens is 1. The fraction of sp³-hybridized carbons (Fsp3) is 0.143. The molecular formula is C14H13FN2O2S. The number of nitrogen functional groups attached to an aromatic ring is 1. The summed E-state index contributed by atoms with van der Waals surface area (Å²) in [6, 6.07) is 10.1. The SMILES string of the molecule is Nc1ccc2c(c1)N(S(=O)(=O)c1ccc(F)cc1)CC2. The zero-order valence-electron chi connectivity index (χ0n) is 10.6. The maximum absolute atomic E-state index is 12.9. The second-order valence-electron chi connectivity index (χ2n) is 4.67. The van der Waals surface area contributed by atoms with Crippen LogP contribution < -0.4 is 10.0 Å². The molecule has 1 heterocycles. The van der Waals surface area contributed by atoms with Gasteiger partial charge in [0.15, 0.2) is 0 Å². The monoisotopic (exact) mass is 292 g/mol. The van der Waals surface area contributed by atoms with E-state index in [-0.39, 0.29) is 4.90 Å². The zero-order valence-corrected chi connectivity index (χ0v) is 11.4. The van der Waals surface area contributed by atoms with Gasteiger partial charge in [-0.3, -0.25) is 4.31 Å². The third-order valence-corrected chi connectivity index (χ3v) is 5.19. The molecule has 0 aromatic heterocycles. The predicted molar refractivity (Wildman–Crippen MR) is 75.5 cm³/mol. The van der Waals surface area contributed by atoms with Gasteiger partial charge in [0.1, 0.15) is 5.82 Å². The topological polar surface area (TPSA) is 63.4 Å². The van der Waals surface area contributed by atoms with Gasteiger partial charge in [-0.1, -0.05) is 6.07 Å². The Labute approximate surface area is 116 Å². The summed E-state index contributed by atoms with van der Waals surface area (Å²) in [5, 5.41) is 0. The standard InChI is InChI=1S/C14H13FN2O2S/c15-11-2-5-13(6-3-11)20(18,19)17-8-7-10-1-4-12(16)9-14(10)17/h1-6,9H,7-8,16H2. The van der Waals surface area contributed by atoms with E-state index in [1.165, 1.54) is 16.4 Å². The van der Waals surface area contributed by atoms with E-state index in [4.69, 9.17) is 5.73 Å². The van der Waals surface area contributed by atoms with E-state index in [1.54, 1.807) is 12.1 Å². The summed E-state index contributed by atoms with van der Waals surface area (Å²) in [6.45, 7) is 0.374. The lowest BCUT2D eigenvalue weighted by Crippen LogP contribution is -2.29. The molecule has 104 valence electrons. The lowest BCUT2D eigenvalue weighted by atomic mass is 10.1. The summed E-state index contributed by atoms with van der Waals surface area (Å²) < 4.78 is 39.4. The number of sulfonamides is 1. The molecule has 3 rings (SSSR count). The quantitative estimate of drug-likeness (QED) is 0.863. The highest BCUT2D eigenvalue weighted by atomic mass is 32.2. The largest absolute Gasteiger partial charge is 0.399 e. The number of anilines is 2. The van der Waals surface area contributed by atoms with Crippen LogP contribution in [-0.2, 0) is 16.4 Å². The Balaban J connectivity index is 2.07. The Morgan fingerprint density at radius 1 is 1.10 bits per heavy atom. The average Bonchev–Trinajstić information content (AvgIpc) is 2.82. The second-order valence-corrected chi connectivity index (χ2v) is 6.53. The Bertz CT molecular complexity index is 757. The molecule has 0 atom stereocenters. The Hall–Kier alpha value is -2.08. The summed E-state index contributed by atoms with van der Waals surface area (Å²) >= 11 is 0. The van der Waals surface area contributed by atoms with Gasteiger partial charge in [-0.15, -0.1) is 0 Å². The van der Waals surface area contributed by atoms with Gasteiger partial charge in [0.05, 0.1) is 10.6 Å². The molecular weight excluding hydrogens is 279 g/mol. The first-order chi connectivity index (χ1) is 9.48. The molecule has 2 N–H and O–H groups in total. The van der Waals surface area contributed by atoms with Crippen molar-refractivity contribution >= 4 is 21.4 Å². The third kappa shape index (κ3) is 2.02. The van der Waals surface area contributed by atoms with Gasteiger partial charge in [0.25, 0.3) is 10.0 Å². The number of hydrogen-bond donors (Lipinski definition) is 1. The fourth-order valence-corrected chi connectivity index (χ4v) is 3.85. The number of rotatable bonds is 2. The Kier molecular flexibility index (Phi) is 2.90. The van der Waals surface area contributed by atoms with Crippen LogP contribution in [0.2, 0.25) is 0 Å². The second kappa shape index (κ2) is 4.49. The van der Waals surface area contributed by atoms with E-state index in [2.05, 4.69) is 0 Å². The van der Waals surface area contributed by atoms with Crippen molar-refractivity contribution in [2.45, 2.75) is 11.3 Å². The van der Waals surface area contributed by atoms with Crippen LogP contribution in [0.4, 0.5) is 15.8 Å². The van der Waals surface area contributed by atoms with E-state index in [1.807, 2.05) is 6.07 Å². The molecule has 0 amide bonds. The molecule has 0 fully saturated rings. The van der Waals surface area contributed by atoms with Gasteiger partial charge >= 0.3 is 0 Å². The molecule has 0 unspecified atom stereocenters. The maximum Gasteiger partial charge on any atom is 0.264 e. The minimum absolute atomic E-state index is 0.0779. The molecule has 0 spiro atoms. The van der Waals surface area contributed by atoms with Crippen LogP contribution in [0, 0.1) is 5.82 Å². The van der Waals surface area contributed by atoms with Crippen molar-refractivity contribution in [1.82, 2.24) is 0 Å². The summed E-state index contributed by atoms with van der Waals surface area (Å²) in [7, 11) is -3.67. The third-order valence-electron chi connectivity index (χ3n) is 3.36. The lowest BCUT2D eigenvalue weighted by Gasteiger charge is -2.19. The number of nitrogens with two attached hydrogens (primary N) is 1. The van der Waals surface area contributed by atoms with Crippen molar-refractivity contribution in [2.75, 3.05) is 16.6 Å². The van der Waals surface area contributed by atoms with E-state index >= 15 is 0 Å². The highest BCUT2D eigenvalue weighted by Gasteiger charge is 2.30. The predicted octanol–water partition coefficient (Wildman–Crippen LogP) is 2.16. The van der Waals surface area contributed by atoms with Crippen molar-refractivity contribution in [1.29, 1.82) is 0 Å². The molecule has 20 heavy (non-hydrogen) atoms. The van der Waals surface area contributed by atoms with Crippen LogP contribution in [0.3, 0.4) is 0 Å². The molecule has 0 bridgehead atoms. The fourth-order valence-electron chi connectivity index (χ4n) is 2.35. The molecule has 4 nitrogen and oxygen atoms in total. The normalized spacial score (nSPS) is 14.3. The van der Waals surface area contributed by atoms with Crippen molar-refractivity contribution in [3.05, 3.63) is 53.8 Å². The maximum atomic E-state index is 12.9. The van der Waals surface area contributed by atoms with E-state index in [0.717, 1.165) is 17.7 Å². The number of fused-ring (bicyclic) bond motifs is 1. The van der Waals surface area contributed by atoms with Crippen molar-refractivity contribution in [3.63, 3.8) is 0 Å². The Morgan fingerprint density at radius 2 is 1.80 bits per heavy atom. The average molecular weight is 292 g/mol. The van der Waals surface area contributed by atoms with Crippen LogP contribution in [0.5, 0.6) is 0 Å². The van der Waals surface area contributed by atoms with Gasteiger partial charge in [0.2, 0.25) is 0 Å². The van der Waals surface area contributed by atoms with Gasteiger partial charge in [-0.25, -0.2) is 12.8 Å². The van der Waals surface area contributed by atoms with Crippen LogP contribution in [-0.4, -0.2) is 15.0 Å². The first-order valence-electron chi connectivity index (χ1n) is 6.15. The molecule has 6 heteroatoms. The molecule has 0 radical (unpaired) electrons. The minimum atomic E-state index is -3.67. The van der Waals surface area contributed by atoms with Gasteiger partial charge < -0.3 is 5.73 Å². The highest BCUT2D eigenvalue weighted by molar-refractivity contribution is 7.92. The van der Waals surface area contributed by atoms with Crippen molar-refractivity contribution in [2.24, 2.45) is 0 Å². The van der Waals surface area contributed by atoms with Crippen LogP contribution >= 0.6 is 0 Å². The number of benzene rings is 2. The minimum Gasteiger partial charge on any atom is -0.399 e. The Morgan fingerprint density at radius 3 is 2.50 bits per heavy atom. The summed E-state index contributed by atoms with van der Waals surface area (Å²) in [6.07, 6.45) is 0.649. The van der Waals surface area contributed by atoms with Gasteiger partial charge in [-0.05, 0) is 48.4 Å². The van der Waals surface area contributed by atoms with Gasteiger partial charge in [0, 0.05) is 12.2 Å². The van der Waals surface area contributed by atoms with E-state index in [9.17, 15) is 12.8 Å². The molecule has 2 aromatic rings. The highest BCUT2D eigenvalue weighted by Crippen LogP contribution is 2.34. The molecule has 1 aliphatic heterocycles. The molecule has 0 saturated heterocycles. The summed E-state index contributed by atoms with van der Waals surface area (Å²) in [5.74, 6) is -0.463. The lowest BCUT2D eigenvalue weighted by molar-refractivity contribution is 0.591. The van der Waals surface area contributed by atoms with Gasteiger partial charge in [-0.2, -0.15) is 0 Å². The van der Waals surface area contributed by atoms with Crippen LogP contribution in [0.1, 0.15) is 5.56 Å². The van der Waals surface area contributed by atoms with Crippen LogP contribution in [0.25, 0.3) is 0 Å². The van der Waals surface area contributed by atoms with Crippen molar-refractivity contribution in [3.8, 4) is 0 Å². The molecule has 1 aliphatic rings. The molecule has 0 aliphatic carbocycles. The van der Waals surface area contributed by atoms with Crippen LogP contribution in [0.15, 0.2) is 47.4 Å².